The van der Waals surface area contributed by atoms with Crippen molar-refractivity contribution in [3.63, 3.8) is 0 Å². The maximum atomic E-state index is 12.2. The number of amides is 1. The highest BCUT2D eigenvalue weighted by atomic mass is 16.5. The number of aromatic nitrogens is 4. The van der Waals surface area contributed by atoms with E-state index in [-0.39, 0.29) is 11.9 Å². The summed E-state index contributed by atoms with van der Waals surface area (Å²) in [6.07, 6.45) is 0.325. The van der Waals surface area contributed by atoms with Crippen molar-refractivity contribution < 1.29 is 14.1 Å². The van der Waals surface area contributed by atoms with Crippen molar-refractivity contribution in [3.05, 3.63) is 47.6 Å². The molecule has 8 nitrogen and oxygen atoms in total. The zero-order valence-electron chi connectivity index (χ0n) is 15.9. The Hall–Kier alpha value is -3.16. The number of aryl methyl sites for hydroxylation is 3. The number of hydrogen-bond donors (Lipinski definition) is 1. The fourth-order valence-corrected chi connectivity index (χ4v) is 2.75. The molecule has 0 bridgehead atoms. The van der Waals surface area contributed by atoms with Gasteiger partial charge in [0.05, 0.1) is 12.8 Å². The number of benzene rings is 1. The van der Waals surface area contributed by atoms with E-state index in [0.717, 1.165) is 22.7 Å². The summed E-state index contributed by atoms with van der Waals surface area (Å²) < 4.78 is 12.3. The standard InChI is InChI=1S/C19H23N5O3/c1-12-11-13(2)24(22-12)10-9-17(25)20-14(3)19-21-18(23-27-19)15-5-7-16(26-4)8-6-15/h5-8,11,14H,9-10H2,1-4H3,(H,20,25). The van der Waals surface area contributed by atoms with Crippen molar-refractivity contribution >= 4 is 5.91 Å². The molecule has 0 saturated carbocycles. The van der Waals surface area contributed by atoms with Crippen molar-refractivity contribution in [2.24, 2.45) is 0 Å². The summed E-state index contributed by atoms with van der Waals surface area (Å²) in [6, 6.07) is 8.97. The maximum absolute atomic E-state index is 12.2. The third-order valence-electron chi connectivity index (χ3n) is 4.19. The average Bonchev–Trinajstić information content (AvgIpc) is 3.26. The number of ether oxygens (including phenoxy) is 1. The molecule has 0 radical (unpaired) electrons. The molecule has 0 aliphatic carbocycles. The van der Waals surface area contributed by atoms with Crippen LogP contribution in [0.2, 0.25) is 0 Å². The van der Waals surface area contributed by atoms with Gasteiger partial charge in [-0.1, -0.05) is 5.16 Å². The van der Waals surface area contributed by atoms with Crippen LogP contribution in [0.5, 0.6) is 5.75 Å². The second-order valence-electron chi connectivity index (χ2n) is 6.37. The first-order valence-electron chi connectivity index (χ1n) is 8.74. The van der Waals surface area contributed by atoms with E-state index in [9.17, 15) is 4.79 Å². The van der Waals surface area contributed by atoms with Gasteiger partial charge < -0.3 is 14.6 Å². The first-order chi connectivity index (χ1) is 13.0. The Morgan fingerprint density at radius 3 is 2.67 bits per heavy atom. The predicted molar refractivity (Wildman–Crippen MR) is 99.2 cm³/mol. The number of carbonyl (C=O) groups excluding carboxylic acids is 1. The summed E-state index contributed by atoms with van der Waals surface area (Å²) in [5.74, 6) is 1.49. The molecule has 0 fully saturated rings. The van der Waals surface area contributed by atoms with Crippen LogP contribution < -0.4 is 10.1 Å². The zero-order valence-corrected chi connectivity index (χ0v) is 15.9. The van der Waals surface area contributed by atoms with Crippen molar-refractivity contribution in [2.75, 3.05) is 7.11 Å². The molecule has 1 atom stereocenters. The van der Waals surface area contributed by atoms with Gasteiger partial charge in [-0.25, -0.2) is 0 Å². The molecule has 8 heteroatoms. The van der Waals surface area contributed by atoms with Crippen LogP contribution in [0.3, 0.4) is 0 Å². The Labute approximate surface area is 157 Å². The van der Waals surface area contributed by atoms with Crippen LogP contribution >= 0.6 is 0 Å². The lowest BCUT2D eigenvalue weighted by molar-refractivity contribution is -0.122. The monoisotopic (exact) mass is 369 g/mol. The minimum atomic E-state index is -0.377. The van der Waals surface area contributed by atoms with Gasteiger partial charge in [-0.2, -0.15) is 10.1 Å². The molecule has 0 saturated heterocycles. The Balaban J connectivity index is 1.57. The largest absolute Gasteiger partial charge is 0.497 e. The number of nitrogens with one attached hydrogen (secondary N) is 1. The Kier molecular flexibility index (Phi) is 5.54. The fourth-order valence-electron chi connectivity index (χ4n) is 2.75. The quantitative estimate of drug-likeness (QED) is 0.688. The molecule has 0 aliphatic rings. The molecule has 1 amide bonds. The SMILES string of the molecule is COc1ccc(-c2noc(C(C)NC(=O)CCn3nc(C)cc3C)n2)cc1. The zero-order chi connectivity index (χ0) is 19.4. The number of carbonyl (C=O) groups is 1. The molecule has 27 heavy (non-hydrogen) atoms. The third-order valence-corrected chi connectivity index (χ3v) is 4.19. The van der Waals surface area contributed by atoms with E-state index in [1.807, 2.05) is 55.8 Å². The first-order valence-corrected chi connectivity index (χ1v) is 8.74. The molecule has 2 aromatic heterocycles. The molecule has 0 aliphatic heterocycles. The molecule has 1 N–H and O–H groups in total. The van der Waals surface area contributed by atoms with Gasteiger partial charge in [-0.05, 0) is 51.1 Å². The van der Waals surface area contributed by atoms with Gasteiger partial charge in [0.2, 0.25) is 17.6 Å². The van der Waals surface area contributed by atoms with Crippen LogP contribution in [0.25, 0.3) is 11.4 Å². The van der Waals surface area contributed by atoms with E-state index in [2.05, 4.69) is 20.6 Å². The minimum Gasteiger partial charge on any atom is -0.497 e. The van der Waals surface area contributed by atoms with E-state index in [0.29, 0.717) is 24.7 Å². The number of rotatable bonds is 7. The average molecular weight is 369 g/mol. The van der Waals surface area contributed by atoms with Crippen LogP contribution in [-0.2, 0) is 11.3 Å². The lowest BCUT2D eigenvalue weighted by Crippen LogP contribution is -2.28. The molecule has 3 aromatic rings. The molecule has 1 aromatic carbocycles. The number of nitrogens with zero attached hydrogens (tertiary/aromatic N) is 4. The first kappa shape index (κ1) is 18.6. The van der Waals surface area contributed by atoms with Crippen LogP contribution in [0.4, 0.5) is 0 Å². The summed E-state index contributed by atoms with van der Waals surface area (Å²) in [5, 5.41) is 11.2. The summed E-state index contributed by atoms with van der Waals surface area (Å²) >= 11 is 0. The lowest BCUT2D eigenvalue weighted by Gasteiger charge is -2.10. The Morgan fingerprint density at radius 1 is 1.30 bits per heavy atom. The second-order valence-corrected chi connectivity index (χ2v) is 6.37. The van der Waals surface area contributed by atoms with Crippen LogP contribution in [0.1, 0.15) is 36.7 Å². The van der Waals surface area contributed by atoms with Gasteiger partial charge in [0.1, 0.15) is 11.8 Å². The van der Waals surface area contributed by atoms with E-state index in [1.165, 1.54) is 0 Å². The fraction of sp³-hybridized carbons (Fsp3) is 0.368. The highest BCUT2D eigenvalue weighted by Crippen LogP contribution is 2.21. The highest BCUT2D eigenvalue weighted by molar-refractivity contribution is 5.76. The van der Waals surface area contributed by atoms with Gasteiger partial charge in [-0.15, -0.1) is 0 Å². The normalized spacial score (nSPS) is 12.0. The summed E-state index contributed by atoms with van der Waals surface area (Å²) in [4.78, 5) is 16.6. The van der Waals surface area contributed by atoms with Crippen molar-refractivity contribution in [3.8, 4) is 17.1 Å². The third kappa shape index (κ3) is 4.52. The van der Waals surface area contributed by atoms with E-state index < -0.39 is 0 Å². The second kappa shape index (κ2) is 8.03. The molecule has 3 rings (SSSR count). The number of methoxy groups -OCH3 is 1. The smallest absolute Gasteiger partial charge is 0.249 e. The van der Waals surface area contributed by atoms with Crippen LogP contribution in [0, 0.1) is 13.8 Å². The highest BCUT2D eigenvalue weighted by Gasteiger charge is 2.17. The van der Waals surface area contributed by atoms with Gasteiger partial charge in [0.15, 0.2) is 0 Å². The van der Waals surface area contributed by atoms with Gasteiger partial charge in [0, 0.05) is 24.2 Å². The Morgan fingerprint density at radius 2 is 2.04 bits per heavy atom. The van der Waals surface area contributed by atoms with Gasteiger partial charge in [0.25, 0.3) is 0 Å². The predicted octanol–water partition coefficient (Wildman–Crippen LogP) is 2.83. The minimum absolute atomic E-state index is 0.0979. The van der Waals surface area contributed by atoms with Crippen molar-refractivity contribution in [1.29, 1.82) is 0 Å². The summed E-state index contributed by atoms with van der Waals surface area (Å²) in [6.45, 7) is 6.24. The Bertz CT molecular complexity index is 914. The van der Waals surface area contributed by atoms with Crippen LogP contribution in [-0.4, -0.2) is 32.9 Å². The summed E-state index contributed by atoms with van der Waals surface area (Å²) in [7, 11) is 1.61. The molecule has 142 valence electrons. The van der Waals surface area contributed by atoms with Crippen molar-refractivity contribution in [1.82, 2.24) is 25.2 Å². The van der Waals surface area contributed by atoms with Gasteiger partial charge >= 0.3 is 0 Å². The molecule has 2 heterocycles. The van der Waals surface area contributed by atoms with Crippen LogP contribution in [0.15, 0.2) is 34.9 Å². The van der Waals surface area contributed by atoms with Gasteiger partial charge in [-0.3, -0.25) is 9.48 Å². The summed E-state index contributed by atoms with van der Waals surface area (Å²) in [5.41, 5.74) is 2.79. The van der Waals surface area contributed by atoms with E-state index in [1.54, 1.807) is 7.11 Å². The van der Waals surface area contributed by atoms with E-state index >= 15 is 0 Å². The van der Waals surface area contributed by atoms with Crippen molar-refractivity contribution in [2.45, 2.75) is 39.8 Å². The maximum Gasteiger partial charge on any atom is 0.249 e. The molecule has 0 spiro atoms. The molecular weight excluding hydrogens is 346 g/mol. The lowest BCUT2D eigenvalue weighted by atomic mass is 10.2. The number of hydrogen-bond acceptors (Lipinski definition) is 6. The molecule has 1 unspecified atom stereocenters. The van der Waals surface area contributed by atoms with E-state index in [4.69, 9.17) is 9.26 Å². The molecular formula is C19H23N5O3. The topological polar surface area (TPSA) is 95.1 Å².